The standard InChI is InChI=1S/C24H27NO3/c1-3-24(27)19-10-12-23(13-11-19)28-16-22(26)15-25-17(2)20-9-8-18-6-4-5-7-21(18)14-20/h4-14,17,22,25-26H,3,15-16H2,1-2H3. The first-order valence-electron chi connectivity index (χ1n) is 9.73. The Labute approximate surface area is 166 Å². The van der Waals surface area contributed by atoms with E-state index in [4.69, 9.17) is 4.74 Å². The van der Waals surface area contributed by atoms with Gasteiger partial charge in [-0.2, -0.15) is 0 Å². The molecule has 4 heteroatoms. The number of carbonyl (C=O) groups excluding carboxylic acids is 1. The third kappa shape index (κ3) is 5.18. The van der Waals surface area contributed by atoms with Gasteiger partial charge in [0.25, 0.3) is 0 Å². The van der Waals surface area contributed by atoms with Gasteiger partial charge in [-0.05, 0) is 53.6 Å². The number of rotatable bonds is 9. The molecule has 0 aliphatic carbocycles. The summed E-state index contributed by atoms with van der Waals surface area (Å²) >= 11 is 0. The molecule has 146 valence electrons. The van der Waals surface area contributed by atoms with Gasteiger partial charge < -0.3 is 15.2 Å². The van der Waals surface area contributed by atoms with Crippen molar-refractivity contribution in [1.29, 1.82) is 0 Å². The summed E-state index contributed by atoms with van der Waals surface area (Å²) in [4.78, 5) is 11.6. The highest BCUT2D eigenvalue weighted by molar-refractivity contribution is 5.95. The van der Waals surface area contributed by atoms with Crippen LogP contribution >= 0.6 is 0 Å². The lowest BCUT2D eigenvalue weighted by Gasteiger charge is -2.18. The normalized spacial score (nSPS) is 13.2. The van der Waals surface area contributed by atoms with E-state index in [9.17, 15) is 9.90 Å². The van der Waals surface area contributed by atoms with Crippen LogP contribution < -0.4 is 10.1 Å². The number of hydrogen-bond donors (Lipinski definition) is 2. The second kappa shape index (κ2) is 9.49. The highest BCUT2D eigenvalue weighted by Crippen LogP contribution is 2.20. The van der Waals surface area contributed by atoms with Crippen molar-refractivity contribution in [3.05, 3.63) is 77.9 Å². The van der Waals surface area contributed by atoms with E-state index in [0.29, 0.717) is 24.3 Å². The minimum Gasteiger partial charge on any atom is -0.491 e. The molecule has 3 rings (SSSR count). The van der Waals surface area contributed by atoms with E-state index in [1.165, 1.54) is 16.3 Å². The van der Waals surface area contributed by atoms with Gasteiger partial charge in [0.2, 0.25) is 0 Å². The summed E-state index contributed by atoms with van der Waals surface area (Å²) in [5.74, 6) is 0.757. The fraction of sp³-hybridized carbons (Fsp3) is 0.292. The molecule has 4 nitrogen and oxygen atoms in total. The van der Waals surface area contributed by atoms with Crippen molar-refractivity contribution in [3.63, 3.8) is 0 Å². The van der Waals surface area contributed by atoms with Crippen molar-refractivity contribution in [1.82, 2.24) is 5.32 Å². The Morgan fingerprint density at radius 2 is 1.75 bits per heavy atom. The molecule has 0 heterocycles. The Bertz CT molecular complexity index is 921. The van der Waals surface area contributed by atoms with Crippen LogP contribution in [0.25, 0.3) is 10.8 Å². The van der Waals surface area contributed by atoms with Crippen LogP contribution in [0.4, 0.5) is 0 Å². The first-order valence-corrected chi connectivity index (χ1v) is 9.73. The number of nitrogens with one attached hydrogen (secondary N) is 1. The SMILES string of the molecule is CCC(=O)c1ccc(OCC(O)CNC(C)c2ccc3ccccc3c2)cc1. The van der Waals surface area contributed by atoms with E-state index in [0.717, 1.165) is 0 Å². The summed E-state index contributed by atoms with van der Waals surface area (Å²) in [7, 11) is 0. The Morgan fingerprint density at radius 1 is 1.04 bits per heavy atom. The third-order valence-electron chi connectivity index (χ3n) is 4.87. The third-order valence-corrected chi connectivity index (χ3v) is 4.87. The van der Waals surface area contributed by atoms with Crippen LogP contribution in [0.2, 0.25) is 0 Å². The lowest BCUT2D eigenvalue weighted by molar-refractivity contribution is 0.0986. The predicted molar refractivity (Wildman–Crippen MR) is 113 cm³/mol. The maximum absolute atomic E-state index is 11.6. The summed E-state index contributed by atoms with van der Waals surface area (Å²) in [6, 6.07) is 21.9. The average Bonchev–Trinajstić information content (AvgIpc) is 2.75. The van der Waals surface area contributed by atoms with Crippen molar-refractivity contribution < 1.29 is 14.6 Å². The zero-order chi connectivity index (χ0) is 19.9. The highest BCUT2D eigenvalue weighted by Gasteiger charge is 2.10. The molecule has 2 atom stereocenters. The van der Waals surface area contributed by atoms with Gasteiger partial charge in [-0.15, -0.1) is 0 Å². The molecule has 0 amide bonds. The number of aliphatic hydroxyl groups is 1. The van der Waals surface area contributed by atoms with E-state index < -0.39 is 6.10 Å². The number of aliphatic hydroxyl groups excluding tert-OH is 1. The molecular weight excluding hydrogens is 350 g/mol. The Hall–Kier alpha value is -2.69. The summed E-state index contributed by atoms with van der Waals surface area (Å²) < 4.78 is 5.63. The maximum atomic E-state index is 11.6. The molecule has 0 saturated heterocycles. The highest BCUT2D eigenvalue weighted by atomic mass is 16.5. The number of fused-ring (bicyclic) bond motifs is 1. The molecule has 2 unspecified atom stereocenters. The van der Waals surface area contributed by atoms with Crippen molar-refractivity contribution >= 4 is 16.6 Å². The molecule has 2 N–H and O–H groups in total. The molecule has 3 aromatic rings. The molecule has 0 radical (unpaired) electrons. The van der Waals surface area contributed by atoms with E-state index in [1.807, 2.05) is 19.1 Å². The van der Waals surface area contributed by atoms with Crippen LogP contribution in [-0.2, 0) is 0 Å². The minimum absolute atomic E-state index is 0.110. The average molecular weight is 377 g/mol. The van der Waals surface area contributed by atoms with E-state index >= 15 is 0 Å². The molecule has 0 saturated carbocycles. The van der Waals surface area contributed by atoms with Gasteiger partial charge in [-0.25, -0.2) is 0 Å². The van der Waals surface area contributed by atoms with Gasteiger partial charge in [-0.1, -0.05) is 43.3 Å². The van der Waals surface area contributed by atoms with Crippen LogP contribution in [0.3, 0.4) is 0 Å². The van der Waals surface area contributed by atoms with E-state index in [-0.39, 0.29) is 18.4 Å². The van der Waals surface area contributed by atoms with Crippen molar-refractivity contribution in [2.24, 2.45) is 0 Å². The first-order chi connectivity index (χ1) is 13.6. The van der Waals surface area contributed by atoms with E-state index in [1.54, 1.807) is 24.3 Å². The quantitative estimate of drug-likeness (QED) is 0.538. The molecule has 0 spiro atoms. The number of Topliss-reactive ketones (excluding diaryl/α,β-unsaturated/α-hetero) is 1. The summed E-state index contributed by atoms with van der Waals surface area (Å²) in [5, 5.41) is 16.0. The number of hydrogen-bond acceptors (Lipinski definition) is 4. The topological polar surface area (TPSA) is 58.6 Å². The maximum Gasteiger partial charge on any atom is 0.162 e. The van der Waals surface area contributed by atoms with Crippen LogP contribution in [0.15, 0.2) is 66.7 Å². The summed E-state index contributed by atoms with van der Waals surface area (Å²) in [6.45, 7) is 4.55. The van der Waals surface area contributed by atoms with Gasteiger partial charge in [0.1, 0.15) is 18.5 Å². The van der Waals surface area contributed by atoms with Gasteiger partial charge >= 0.3 is 0 Å². The Balaban J connectivity index is 1.47. The lowest BCUT2D eigenvalue weighted by atomic mass is 10.0. The van der Waals surface area contributed by atoms with Crippen LogP contribution in [0.1, 0.15) is 42.2 Å². The van der Waals surface area contributed by atoms with Gasteiger partial charge in [0.15, 0.2) is 5.78 Å². The second-order valence-corrected chi connectivity index (χ2v) is 7.00. The molecule has 0 bridgehead atoms. The molecule has 0 aliphatic heterocycles. The molecule has 0 aromatic heterocycles. The fourth-order valence-corrected chi connectivity index (χ4v) is 3.10. The van der Waals surface area contributed by atoms with Gasteiger partial charge in [0.05, 0.1) is 0 Å². The van der Waals surface area contributed by atoms with Crippen LogP contribution in [-0.4, -0.2) is 30.1 Å². The van der Waals surface area contributed by atoms with E-state index in [2.05, 4.69) is 42.6 Å². The summed E-state index contributed by atoms with van der Waals surface area (Å²) in [5.41, 5.74) is 1.87. The van der Waals surface area contributed by atoms with Gasteiger partial charge in [0, 0.05) is 24.6 Å². The number of carbonyl (C=O) groups is 1. The molecule has 0 aliphatic rings. The summed E-state index contributed by atoms with van der Waals surface area (Å²) in [6.07, 6.45) is -0.139. The smallest absolute Gasteiger partial charge is 0.162 e. The predicted octanol–water partition coefficient (Wildman–Crippen LogP) is 4.52. The minimum atomic E-state index is -0.625. The lowest BCUT2D eigenvalue weighted by Crippen LogP contribution is -2.33. The Kier molecular flexibility index (Phi) is 6.80. The number of benzene rings is 3. The zero-order valence-corrected chi connectivity index (χ0v) is 16.4. The number of ketones is 1. The van der Waals surface area contributed by atoms with Crippen molar-refractivity contribution in [2.45, 2.75) is 32.4 Å². The number of ether oxygens (including phenoxy) is 1. The largest absolute Gasteiger partial charge is 0.491 e. The van der Waals surface area contributed by atoms with Gasteiger partial charge in [-0.3, -0.25) is 4.79 Å². The van der Waals surface area contributed by atoms with Crippen molar-refractivity contribution in [2.75, 3.05) is 13.2 Å². The molecule has 0 fully saturated rings. The van der Waals surface area contributed by atoms with Crippen LogP contribution in [0, 0.1) is 0 Å². The Morgan fingerprint density at radius 3 is 2.46 bits per heavy atom. The first kappa shape index (κ1) is 20.1. The second-order valence-electron chi connectivity index (χ2n) is 7.00. The van der Waals surface area contributed by atoms with Crippen molar-refractivity contribution in [3.8, 4) is 5.75 Å². The molecule has 28 heavy (non-hydrogen) atoms. The zero-order valence-electron chi connectivity index (χ0n) is 16.4. The fourth-order valence-electron chi connectivity index (χ4n) is 3.10. The molecule has 3 aromatic carbocycles. The van der Waals surface area contributed by atoms with Crippen LogP contribution in [0.5, 0.6) is 5.75 Å². The molecular formula is C24H27NO3. The monoisotopic (exact) mass is 377 g/mol.